The van der Waals surface area contributed by atoms with Gasteiger partial charge in [0.05, 0.1) is 34.3 Å². The van der Waals surface area contributed by atoms with Crippen LogP contribution in [0, 0.1) is 0 Å². The normalized spacial score (nSPS) is 11.2. The van der Waals surface area contributed by atoms with Crippen molar-refractivity contribution in [2.75, 3.05) is 13.2 Å². The third-order valence-corrected chi connectivity index (χ3v) is 5.54. The van der Waals surface area contributed by atoms with Gasteiger partial charge in [0.25, 0.3) is 5.56 Å². The molecule has 0 bridgehead atoms. The highest BCUT2D eigenvalue weighted by molar-refractivity contribution is 7.18. The quantitative estimate of drug-likeness (QED) is 0.508. The molecular formula is C21H20N4O3S. The van der Waals surface area contributed by atoms with E-state index in [-0.39, 0.29) is 31.2 Å². The number of likely N-dealkylation sites (N-methyl/N-ethyl adjacent to an activating group) is 1. The van der Waals surface area contributed by atoms with Crippen LogP contribution in [-0.4, -0.2) is 38.9 Å². The molecule has 7 nitrogen and oxygen atoms in total. The summed E-state index contributed by atoms with van der Waals surface area (Å²) in [7, 11) is 0. The topological polar surface area (TPSA) is 88.2 Å². The van der Waals surface area contributed by atoms with E-state index in [1.54, 1.807) is 34.4 Å². The number of fused-ring (bicyclic) bond motifs is 2. The van der Waals surface area contributed by atoms with Gasteiger partial charge in [0.15, 0.2) is 0 Å². The average Bonchev–Trinajstić information content (AvgIpc) is 3.14. The van der Waals surface area contributed by atoms with Crippen molar-refractivity contribution in [2.45, 2.75) is 20.1 Å². The number of rotatable bonds is 7. The fourth-order valence-electron chi connectivity index (χ4n) is 3.07. The van der Waals surface area contributed by atoms with Crippen LogP contribution in [-0.2, 0) is 22.7 Å². The maximum absolute atomic E-state index is 12.6. The number of ether oxygens (including phenoxy) is 1. The molecule has 1 amide bonds. The maximum Gasteiger partial charge on any atom is 0.258 e. The van der Waals surface area contributed by atoms with Crippen molar-refractivity contribution in [3.8, 4) is 0 Å². The second-order valence-corrected chi connectivity index (χ2v) is 7.62. The number of carbonyl (C=O) groups is 1. The first-order chi connectivity index (χ1) is 14.1. The number of H-pyrrole nitrogens is 1. The van der Waals surface area contributed by atoms with Gasteiger partial charge in [-0.05, 0) is 31.2 Å². The Morgan fingerprint density at radius 3 is 2.66 bits per heavy atom. The summed E-state index contributed by atoms with van der Waals surface area (Å²) < 4.78 is 6.69. The Balaban J connectivity index is 1.38. The van der Waals surface area contributed by atoms with Gasteiger partial charge in [0.2, 0.25) is 5.91 Å². The van der Waals surface area contributed by atoms with E-state index < -0.39 is 0 Å². The second kappa shape index (κ2) is 8.50. The molecule has 2 aromatic carbocycles. The number of aromatic nitrogens is 3. The van der Waals surface area contributed by atoms with Crippen LogP contribution in [0.25, 0.3) is 21.1 Å². The van der Waals surface area contributed by atoms with Crippen molar-refractivity contribution >= 4 is 38.4 Å². The van der Waals surface area contributed by atoms with E-state index in [4.69, 9.17) is 4.74 Å². The van der Waals surface area contributed by atoms with Crippen LogP contribution in [0.5, 0.6) is 0 Å². The van der Waals surface area contributed by atoms with Gasteiger partial charge < -0.3 is 14.6 Å². The van der Waals surface area contributed by atoms with Crippen LogP contribution in [0.1, 0.15) is 17.8 Å². The van der Waals surface area contributed by atoms with Gasteiger partial charge in [0, 0.05) is 6.54 Å². The van der Waals surface area contributed by atoms with E-state index in [0.717, 1.165) is 15.2 Å². The van der Waals surface area contributed by atoms with Crippen molar-refractivity contribution in [3.63, 3.8) is 0 Å². The molecule has 0 unspecified atom stereocenters. The fourth-order valence-corrected chi connectivity index (χ4v) is 3.97. The minimum atomic E-state index is -0.207. The molecule has 0 radical (unpaired) electrons. The van der Waals surface area contributed by atoms with Crippen LogP contribution in [0.15, 0.2) is 53.3 Å². The van der Waals surface area contributed by atoms with Gasteiger partial charge in [-0.25, -0.2) is 9.97 Å². The van der Waals surface area contributed by atoms with Crippen LogP contribution in [0.4, 0.5) is 0 Å². The monoisotopic (exact) mass is 408 g/mol. The number of para-hydroxylation sites is 2. The number of benzene rings is 2. The molecule has 0 aliphatic carbocycles. The summed E-state index contributed by atoms with van der Waals surface area (Å²) in [6.45, 7) is 2.82. The van der Waals surface area contributed by atoms with Crippen molar-refractivity contribution in [1.82, 2.24) is 19.9 Å². The second-order valence-electron chi connectivity index (χ2n) is 6.51. The van der Waals surface area contributed by atoms with E-state index in [9.17, 15) is 9.59 Å². The molecule has 0 saturated heterocycles. The largest absolute Gasteiger partial charge is 0.364 e. The molecule has 29 heavy (non-hydrogen) atoms. The van der Waals surface area contributed by atoms with E-state index in [1.165, 1.54) is 0 Å². The van der Waals surface area contributed by atoms with Gasteiger partial charge in [-0.2, -0.15) is 0 Å². The fraction of sp³-hybridized carbons (Fsp3) is 0.238. The molecule has 8 heteroatoms. The van der Waals surface area contributed by atoms with Gasteiger partial charge in [-0.15, -0.1) is 11.3 Å². The molecule has 0 fully saturated rings. The minimum Gasteiger partial charge on any atom is -0.364 e. The number of amides is 1. The lowest BCUT2D eigenvalue weighted by Crippen LogP contribution is -2.34. The predicted octanol–water partition coefficient (Wildman–Crippen LogP) is 3.10. The Kier molecular flexibility index (Phi) is 5.64. The number of nitrogens with one attached hydrogen (secondary N) is 1. The third-order valence-electron chi connectivity index (χ3n) is 4.53. The van der Waals surface area contributed by atoms with Crippen molar-refractivity contribution in [3.05, 3.63) is 69.7 Å². The van der Waals surface area contributed by atoms with E-state index >= 15 is 0 Å². The van der Waals surface area contributed by atoms with Gasteiger partial charge in [0.1, 0.15) is 17.4 Å². The number of carbonyl (C=O) groups excluding carboxylic acids is 1. The number of hydrogen-bond acceptors (Lipinski definition) is 6. The molecule has 4 aromatic rings. The van der Waals surface area contributed by atoms with Gasteiger partial charge in [-0.1, -0.05) is 24.3 Å². The highest BCUT2D eigenvalue weighted by Gasteiger charge is 2.15. The van der Waals surface area contributed by atoms with Crippen molar-refractivity contribution in [1.29, 1.82) is 0 Å². The zero-order valence-electron chi connectivity index (χ0n) is 15.9. The lowest BCUT2D eigenvalue weighted by Gasteiger charge is -2.20. The van der Waals surface area contributed by atoms with Crippen LogP contribution < -0.4 is 5.56 Å². The first kappa shape index (κ1) is 19.2. The molecule has 1 N–H and O–H groups in total. The lowest BCUT2D eigenvalue weighted by molar-refractivity contribution is -0.137. The van der Waals surface area contributed by atoms with Crippen molar-refractivity contribution < 1.29 is 9.53 Å². The average molecular weight is 408 g/mol. The Morgan fingerprint density at radius 2 is 1.86 bits per heavy atom. The maximum atomic E-state index is 12.6. The highest BCUT2D eigenvalue weighted by atomic mass is 32.1. The first-order valence-corrected chi connectivity index (χ1v) is 10.1. The summed E-state index contributed by atoms with van der Waals surface area (Å²) in [6.07, 6.45) is 0. The molecular weight excluding hydrogens is 388 g/mol. The Morgan fingerprint density at radius 1 is 1.10 bits per heavy atom. The predicted molar refractivity (Wildman–Crippen MR) is 113 cm³/mol. The summed E-state index contributed by atoms with van der Waals surface area (Å²) in [5.41, 5.74) is 1.34. The smallest absolute Gasteiger partial charge is 0.258 e. The number of thiazole rings is 1. The van der Waals surface area contributed by atoms with Gasteiger partial charge >= 0.3 is 0 Å². The molecule has 0 saturated carbocycles. The van der Waals surface area contributed by atoms with Crippen LogP contribution in [0.3, 0.4) is 0 Å². The zero-order chi connectivity index (χ0) is 20.2. The molecule has 0 atom stereocenters. The molecule has 2 heterocycles. The van der Waals surface area contributed by atoms with Crippen molar-refractivity contribution in [2.24, 2.45) is 0 Å². The molecule has 2 aromatic heterocycles. The molecule has 148 valence electrons. The van der Waals surface area contributed by atoms with E-state index in [1.807, 2.05) is 37.3 Å². The molecule has 0 aliphatic heterocycles. The number of hydrogen-bond donors (Lipinski definition) is 1. The Labute approximate surface area is 171 Å². The number of nitrogens with zero attached hydrogens (tertiary/aromatic N) is 3. The molecule has 0 spiro atoms. The standard InChI is InChI=1S/C21H20N4O3S/c1-2-25(11-18-22-15-8-4-3-7-14(15)21(27)24-18)20(26)13-28-12-19-23-16-9-5-6-10-17(16)29-19/h3-10H,2,11-13H2,1H3,(H,22,24,27). The summed E-state index contributed by atoms with van der Waals surface area (Å²) in [5.74, 6) is 0.291. The Bertz CT molecular complexity index is 1180. The SMILES string of the molecule is CCN(Cc1nc2ccccc2c(=O)[nH]1)C(=O)COCc1nc2ccccc2s1. The van der Waals surface area contributed by atoms with E-state index in [2.05, 4.69) is 15.0 Å². The molecule has 0 aliphatic rings. The van der Waals surface area contributed by atoms with Gasteiger partial charge in [-0.3, -0.25) is 9.59 Å². The number of aromatic amines is 1. The summed E-state index contributed by atoms with van der Waals surface area (Å²) >= 11 is 1.56. The molecule has 4 rings (SSSR count). The summed E-state index contributed by atoms with van der Waals surface area (Å²) in [5, 5.41) is 1.37. The Hall–Kier alpha value is -3.10. The van der Waals surface area contributed by atoms with E-state index in [0.29, 0.717) is 23.3 Å². The summed E-state index contributed by atoms with van der Waals surface area (Å²) in [6, 6.07) is 15.0. The zero-order valence-corrected chi connectivity index (χ0v) is 16.7. The van der Waals surface area contributed by atoms with Crippen LogP contribution in [0.2, 0.25) is 0 Å². The van der Waals surface area contributed by atoms with Crippen LogP contribution >= 0.6 is 11.3 Å². The highest BCUT2D eigenvalue weighted by Crippen LogP contribution is 2.21. The first-order valence-electron chi connectivity index (χ1n) is 9.32. The lowest BCUT2D eigenvalue weighted by atomic mass is 10.2. The third kappa shape index (κ3) is 4.33. The summed E-state index contributed by atoms with van der Waals surface area (Å²) in [4.78, 5) is 38.1. The minimum absolute atomic E-state index is 0.0540.